The summed E-state index contributed by atoms with van der Waals surface area (Å²) in [5, 5.41) is 8.53. The van der Waals surface area contributed by atoms with Crippen LogP contribution in [-0.2, 0) is 11.3 Å². The van der Waals surface area contributed by atoms with Gasteiger partial charge < -0.3 is 14.6 Å². The number of carbonyl (C=O) groups is 1. The van der Waals surface area contributed by atoms with E-state index in [-0.39, 0.29) is 11.8 Å². The van der Waals surface area contributed by atoms with Crippen LogP contribution in [0.1, 0.15) is 30.0 Å². The summed E-state index contributed by atoms with van der Waals surface area (Å²) >= 11 is 6.09. The predicted molar refractivity (Wildman–Crippen MR) is 128 cm³/mol. The van der Waals surface area contributed by atoms with Gasteiger partial charge in [0.15, 0.2) is 5.65 Å². The molecule has 0 unspecified atom stereocenters. The lowest BCUT2D eigenvalue weighted by molar-refractivity contribution is -0.125. The number of piperidine rings is 1. The smallest absolute Gasteiger partial charge is 0.223 e. The number of aryl methyl sites for hydroxylation is 2. The second-order valence-corrected chi connectivity index (χ2v) is 8.95. The van der Waals surface area contributed by atoms with E-state index in [2.05, 4.69) is 16.3 Å². The normalized spacial score (nSPS) is 14.7. The zero-order valence-corrected chi connectivity index (χ0v) is 19.5. The van der Waals surface area contributed by atoms with Crippen molar-refractivity contribution >= 4 is 29.0 Å². The average Bonchev–Trinajstić information content (AvgIpc) is 3.45. The summed E-state index contributed by atoms with van der Waals surface area (Å²) in [7, 11) is 0. The first-order valence-corrected chi connectivity index (χ1v) is 11.6. The first kappa shape index (κ1) is 21.5. The third kappa shape index (κ3) is 4.33. The van der Waals surface area contributed by atoms with Crippen molar-refractivity contribution in [3.05, 3.63) is 70.9 Å². The van der Waals surface area contributed by atoms with Crippen molar-refractivity contribution in [3.8, 4) is 11.1 Å². The minimum Gasteiger partial charge on any atom is -0.467 e. The van der Waals surface area contributed by atoms with Gasteiger partial charge >= 0.3 is 0 Å². The Hall–Kier alpha value is -3.32. The van der Waals surface area contributed by atoms with E-state index in [9.17, 15) is 4.79 Å². The Morgan fingerprint density at radius 3 is 2.64 bits per heavy atom. The van der Waals surface area contributed by atoms with Crippen LogP contribution in [0.3, 0.4) is 0 Å². The largest absolute Gasteiger partial charge is 0.467 e. The van der Waals surface area contributed by atoms with E-state index >= 15 is 0 Å². The molecule has 1 amide bonds. The molecule has 5 rings (SSSR count). The maximum atomic E-state index is 12.6. The lowest BCUT2D eigenvalue weighted by Gasteiger charge is -2.33. The van der Waals surface area contributed by atoms with Gasteiger partial charge in [0.2, 0.25) is 5.91 Å². The Labute approximate surface area is 197 Å². The molecular weight excluding hydrogens is 438 g/mol. The molecule has 7 nitrogen and oxygen atoms in total. The fourth-order valence-corrected chi connectivity index (χ4v) is 4.63. The summed E-state index contributed by atoms with van der Waals surface area (Å²) in [5.41, 5.74) is 4.75. The zero-order chi connectivity index (χ0) is 22.9. The van der Waals surface area contributed by atoms with Crippen LogP contribution < -0.4 is 10.2 Å². The van der Waals surface area contributed by atoms with E-state index in [0.29, 0.717) is 11.6 Å². The van der Waals surface area contributed by atoms with E-state index in [1.54, 1.807) is 6.26 Å². The second-order valence-electron chi connectivity index (χ2n) is 8.52. The van der Waals surface area contributed by atoms with E-state index in [1.165, 1.54) is 0 Å². The molecular formula is C25H26ClN5O2. The molecule has 1 saturated heterocycles. The highest BCUT2D eigenvalue weighted by atomic mass is 35.5. The van der Waals surface area contributed by atoms with Crippen molar-refractivity contribution in [1.29, 1.82) is 0 Å². The maximum absolute atomic E-state index is 12.6. The van der Waals surface area contributed by atoms with Crippen molar-refractivity contribution in [1.82, 2.24) is 19.9 Å². The number of anilines is 1. The van der Waals surface area contributed by atoms with Crippen LogP contribution in [0.2, 0.25) is 5.02 Å². The first-order valence-electron chi connectivity index (χ1n) is 11.2. The van der Waals surface area contributed by atoms with Gasteiger partial charge in [0.1, 0.15) is 11.6 Å². The molecule has 1 aliphatic heterocycles. The molecule has 1 fully saturated rings. The van der Waals surface area contributed by atoms with Gasteiger partial charge in [0.25, 0.3) is 0 Å². The minimum absolute atomic E-state index is 0.00127. The Kier molecular flexibility index (Phi) is 5.81. The summed E-state index contributed by atoms with van der Waals surface area (Å²) in [5.74, 6) is 1.86. The van der Waals surface area contributed by atoms with Crippen LogP contribution in [0.25, 0.3) is 16.8 Å². The number of fused-ring (bicyclic) bond motifs is 1. The Balaban J connectivity index is 1.36. The molecule has 33 heavy (non-hydrogen) atoms. The molecule has 170 valence electrons. The van der Waals surface area contributed by atoms with Gasteiger partial charge in [0.05, 0.1) is 18.5 Å². The molecule has 4 heterocycles. The molecule has 0 saturated carbocycles. The molecule has 1 N–H and O–H groups in total. The van der Waals surface area contributed by atoms with Crippen molar-refractivity contribution < 1.29 is 9.21 Å². The number of nitrogens with one attached hydrogen (secondary N) is 1. The molecule has 1 aliphatic rings. The number of amides is 1. The van der Waals surface area contributed by atoms with Crippen LogP contribution in [0.15, 0.2) is 53.1 Å². The lowest BCUT2D eigenvalue weighted by Crippen LogP contribution is -2.41. The quantitative estimate of drug-likeness (QED) is 0.460. The standard InChI is InChI=1S/C25H26ClN5O2/c1-16-14-22(30-11-9-19(10-12-30)25(32)27-15-21-4-3-13-33-21)31-24(28-16)23(17(2)29-31)18-5-7-20(26)8-6-18/h3-8,13-14,19H,9-12,15H2,1-2H3,(H,27,32). The van der Waals surface area contributed by atoms with Gasteiger partial charge in [-0.1, -0.05) is 23.7 Å². The number of hydrogen-bond donors (Lipinski definition) is 1. The van der Waals surface area contributed by atoms with Crippen LogP contribution in [-0.4, -0.2) is 33.6 Å². The lowest BCUT2D eigenvalue weighted by atomic mass is 9.96. The molecule has 1 aromatic carbocycles. The summed E-state index contributed by atoms with van der Waals surface area (Å²) in [6.07, 6.45) is 3.20. The van der Waals surface area contributed by atoms with Crippen LogP contribution >= 0.6 is 11.6 Å². The van der Waals surface area contributed by atoms with E-state index < -0.39 is 0 Å². The van der Waals surface area contributed by atoms with Crippen LogP contribution in [0.4, 0.5) is 5.82 Å². The number of aromatic nitrogens is 3. The molecule has 0 bridgehead atoms. The highest BCUT2D eigenvalue weighted by Gasteiger charge is 2.27. The molecule has 3 aromatic heterocycles. The number of carbonyl (C=O) groups excluding carboxylic acids is 1. The number of rotatable bonds is 5. The van der Waals surface area contributed by atoms with E-state index in [1.807, 2.05) is 54.8 Å². The second kappa shape index (κ2) is 8.90. The maximum Gasteiger partial charge on any atom is 0.223 e. The third-order valence-corrected chi connectivity index (χ3v) is 6.46. The van der Waals surface area contributed by atoms with Gasteiger partial charge in [-0.3, -0.25) is 4.79 Å². The number of benzene rings is 1. The number of halogens is 1. The van der Waals surface area contributed by atoms with Gasteiger partial charge in [-0.2, -0.15) is 9.61 Å². The monoisotopic (exact) mass is 463 g/mol. The van der Waals surface area contributed by atoms with E-state index in [4.69, 9.17) is 26.1 Å². The fourth-order valence-electron chi connectivity index (χ4n) is 4.51. The zero-order valence-electron chi connectivity index (χ0n) is 18.7. The average molecular weight is 464 g/mol. The topological polar surface area (TPSA) is 75.7 Å². The summed E-state index contributed by atoms with van der Waals surface area (Å²) in [6, 6.07) is 13.5. The van der Waals surface area contributed by atoms with Crippen molar-refractivity contribution in [2.75, 3.05) is 18.0 Å². The Morgan fingerprint density at radius 2 is 1.94 bits per heavy atom. The van der Waals surface area contributed by atoms with Crippen molar-refractivity contribution in [3.63, 3.8) is 0 Å². The Morgan fingerprint density at radius 1 is 1.18 bits per heavy atom. The Bertz CT molecular complexity index is 1270. The number of hydrogen-bond acceptors (Lipinski definition) is 5. The van der Waals surface area contributed by atoms with Gasteiger partial charge in [-0.15, -0.1) is 0 Å². The molecule has 0 aliphatic carbocycles. The van der Waals surface area contributed by atoms with E-state index in [0.717, 1.165) is 65.7 Å². The van der Waals surface area contributed by atoms with Crippen molar-refractivity contribution in [2.45, 2.75) is 33.2 Å². The minimum atomic E-state index is -0.00127. The SMILES string of the molecule is Cc1cc(N2CCC(C(=O)NCc3ccco3)CC2)n2nc(C)c(-c3ccc(Cl)cc3)c2n1. The first-order chi connectivity index (χ1) is 16.0. The highest BCUT2D eigenvalue weighted by Crippen LogP contribution is 2.32. The summed E-state index contributed by atoms with van der Waals surface area (Å²) < 4.78 is 7.24. The molecule has 8 heteroatoms. The summed E-state index contributed by atoms with van der Waals surface area (Å²) in [4.78, 5) is 19.7. The van der Waals surface area contributed by atoms with Crippen molar-refractivity contribution in [2.24, 2.45) is 5.92 Å². The number of nitrogens with zero attached hydrogens (tertiary/aromatic N) is 4. The molecule has 0 atom stereocenters. The van der Waals surface area contributed by atoms with Gasteiger partial charge in [-0.25, -0.2) is 4.98 Å². The number of furan rings is 1. The van der Waals surface area contributed by atoms with Gasteiger partial charge in [0, 0.05) is 41.4 Å². The fraction of sp³-hybridized carbons (Fsp3) is 0.320. The molecule has 0 radical (unpaired) electrons. The summed E-state index contributed by atoms with van der Waals surface area (Å²) in [6.45, 7) is 6.01. The third-order valence-electron chi connectivity index (χ3n) is 6.21. The highest BCUT2D eigenvalue weighted by molar-refractivity contribution is 6.30. The van der Waals surface area contributed by atoms with Crippen LogP contribution in [0.5, 0.6) is 0 Å². The molecule has 4 aromatic rings. The van der Waals surface area contributed by atoms with Gasteiger partial charge in [-0.05, 0) is 56.5 Å². The molecule has 0 spiro atoms. The predicted octanol–water partition coefficient (Wildman–Crippen LogP) is 4.79. The van der Waals surface area contributed by atoms with Crippen LogP contribution in [0, 0.1) is 19.8 Å².